The number of pyridine rings is 1. The number of fused-ring (bicyclic) bond motifs is 1. The van der Waals surface area contributed by atoms with Crippen LogP contribution in [0.4, 0.5) is 19.0 Å². The molecule has 10 heteroatoms. The van der Waals surface area contributed by atoms with E-state index in [0.717, 1.165) is 42.3 Å². The van der Waals surface area contributed by atoms with Gasteiger partial charge < -0.3 is 5.32 Å². The Labute approximate surface area is 184 Å². The summed E-state index contributed by atoms with van der Waals surface area (Å²) >= 11 is 1.77. The molecule has 3 heterocycles. The molecule has 164 valence electrons. The van der Waals surface area contributed by atoms with E-state index in [2.05, 4.69) is 30.8 Å². The number of benzene rings is 1. The minimum atomic E-state index is -3.24. The van der Waals surface area contributed by atoms with Gasteiger partial charge in [-0.15, -0.1) is 0 Å². The van der Waals surface area contributed by atoms with Gasteiger partial charge >= 0.3 is 0 Å². The molecule has 0 spiro atoms. The van der Waals surface area contributed by atoms with Crippen molar-refractivity contribution in [2.45, 2.75) is 19.4 Å². The van der Waals surface area contributed by atoms with Crippen LogP contribution < -0.4 is 10.8 Å². The summed E-state index contributed by atoms with van der Waals surface area (Å²) in [6.45, 7) is 2.82. The summed E-state index contributed by atoms with van der Waals surface area (Å²) in [5.74, 6) is -3.59. The molecule has 0 unspecified atom stereocenters. The second kappa shape index (κ2) is 9.27. The van der Waals surface area contributed by atoms with Gasteiger partial charge in [0.1, 0.15) is 18.0 Å². The number of alkyl halides is 2. The van der Waals surface area contributed by atoms with Gasteiger partial charge in [-0.05, 0) is 24.6 Å². The molecule has 5 nitrogen and oxygen atoms in total. The second-order valence-corrected chi connectivity index (χ2v) is 10.7. The maximum absolute atomic E-state index is 14.6. The SMILES string of the molecule is CSN1CCP(c2cc3c(NCc4cccc(C(C)(F)F)c4F)ncnc3cn2)CC1. The Kier molecular flexibility index (Phi) is 6.65. The van der Waals surface area contributed by atoms with E-state index in [-0.39, 0.29) is 20.0 Å². The number of nitrogens with zero attached hydrogens (tertiary/aromatic N) is 4. The highest BCUT2D eigenvalue weighted by Gasteiger charge is 2.29. The Balaban J connectivity index is 1.57. The van der Waals surface area contributed by atoms with Crippen LogP contribution in [0.5, 0.6) is 0 Å². The molecule has 2 aromatic heterocycles. The van der Waals surface area contributed by atoms with Crippen molar-refractivity contribution < 1.29 is 13.2 Å². The lowest BCUT2D eigenvalue weighted by Crippen LogP contribution is -2.31. The van der Waals surface area contributed by atoms with Gasteiger partial charge in [-0.1, -0.05) is 38.1 Å². The van der Waals surface area contributed by atoms with Crippen LogP contribution in [0.3, 0.4) is 0 Å². The highest BCUT2D eigenvalue weighted by Crippen LogP contribution is 2.38. The molecular weight excluding hydrogens is 442 g/mol. The van der Waals surface area contributed by atoms with Crippen molar-refractivity contribution in [3.63, 3.8) is 0 Å². The molecule has 0 bridgehead atoms. The van der Waals surface area contributed by atoms with Crippen molar-refractivity contribution in [1.29, 1.82) is 0 Å². The fourth-order valence-electron chi connectivity index (χ4n) is 3.60. The molecule has 1 aromatic carbocycles. The molecule has 1 aliphatic rings. The summed E-state index contributed by atoms with van der Waals surface area (Å²) in [7, 11) is -0.353. The van der Waals surface area contributed by atoms with E-state index in [4.69, 9.17) is 0 Å². The van der Waals surface area contributed by atoms with Crippen LogP contribution in [0.1, 0.15) is 18.1 Å². The molecule has 0 saturated carbocycles. The van der Waals surface area contributed by atoms with E-state index in [1.54, 1.807) is 18.1 Å². The van der Waals surface area contributed by atoms with Crippen molar-refractivity contribution >= 4 is 42.0 Å². The average Bonchev–Trinajstić information content (AvgIpc) is 2.77. The van der Waals surface area contributed by atoms with Crippen molar-refractivity contribution in [3.05, 3.63) is 53.7 Å². The predicted octanol–water partition coefficient (Wildman–Crippen LogP) is 4.59. The number of halogens is 3. The molecule has 0 radical (unpaired) electrons. The van der Waals surface area contributed by atoms with Gasteiger partial charge in [0.05, 0.1) is 22.7 Å². The normalized spacial score (nSPS) is 16.0. The smallest absolute Gasteiger partial charge is 0.273 e. The minimum absolute atomic E-state index is 0.0387. The number of anilines is 1. The standard InChI is InChI=1S/C21H23F3N5PS/c1-21(23,24)16-5-3-4-14(19(16)22)11-26-20-15-10-18(25-12-17(15)27-13-28-20)30-8-6-29(31-2)7-9-30/h3-5,10,12-13H,6-9,11H2,1-2H3,(H,26,27,28). The van der Waals surface area contributed by atoms with Crippen LogP contribution >= 0.6 is 19.9 Å². The summed E-state index contributed by atoms with van der Waals surface area (Å²) in [5, 5.41) is 3.91. The first-order chi connectivity index (χ1) is 14.9. The van der Waals surface area contributed by atoms with Crippen LogP contribution in [0.2, 0.25) is 0 Å². The summed E-state index contributed by atoms with van der Waals surface area (Å²) in [6, 6.07) is 6.07. The zero-order valence-corrected chi connectivity index (χ0v) is 19.0. The first-order valence-electron chi connectivity index (χ1n) is 9.91. The van der Waals surface area contributed by atoms with Gasteiger partial charge in [0.25, 0.3) is 5.92 Å². The number of nitrogens with one attached hydrogen (secondary N) is 1. The molecule has 0 aliphatic carbocycles. The van der Waals surface area contributed by atoms with E-state index < -0.39 is 17.3 Å². The van der Waals surface area contributed by atoms with Crippen LogP contribution in [-0.2, 0) is 12.5 Å². The van der Waals surface area contributed by atoms with E-state index in [0.29, 0.717) is 18.3 Å². The summed E-state index contributed by atoms with van der Waals surface area (Å²) in [4.78, 5) is 13.2. The largest absolute Gasteiger partial charge is 0.365 e. The number of aromatic nitrogens is 3. The lowest BCUT2D eigenvalue weighted by molar-refractivity contribution is 0.0136. The lowest BCUT2D eigenvalue weighted by atomic mass is 10.0. The maximum Gasteiger partial charge on any atom is 0.273 e. The molecular formula is C21H23F3N5PS. The van der Waals surface area contributed by atoms with E-state index in [1.165, 1.54) is 18.5 Å². The van der Waals surface area contributed by atoms with Crippen molar-refractivity contribution in [2.75, 3.05) is 37.0 Å². The Morgan fingerprint density at radius 1 is 1.19 bits per heavy atom. The summed E-state index contributed by atoms with van der Waals surface area (Å²) in [5.41, 5.74) is 1.30. The number of hydrogen-bond acceptors (Lipinski definition) is 6. The number of rotatable bonds is 6. The van der Waals surface area contributed by atoms with Crippen molar-refractivity contribution in [3.8, 4) is 0 Å². The van der Waals surface area contributed by atoms with Gasteiger partial charge in [-0.3, -0.25) is 9.29 Å². The predicted molar refractivity (Wildman–Crippen MR) is 122 cm³/mol. The molecule has 1 fully saturated rings. The Morgan fingerprint density at radius 3 is 2.68 bits per heavy atom. The van der Waals surface area contributed by atoms with Crippen molar-refractivity contribution in [1.82, 2.24) is 19.3 Å². The monoisotopic (exact) mass is 465 g/mol. The quantitative estimate of drug-likeness (QED) is 0.425. The Bertz CT molecular complexity index is 1070. The molecule has 31 heavy (non-hydrogen) atoms. The number of hydrogen-bond donors (Lipinski definition) is 1. The molecule has 1 saturated heterocycles. The molecule has 4 rings (SSSR count). The van der Waals surface area contributed by atoms with Crippen LogP contribution in [0.25, 0.3) is 10.9 Å². The first kappa shape index (κ1) is 22.2. The van der Waals surface area contributed by atoms with Gasteiger partial charge in [-0.2, -0.15) is 0 Å². The first-order valence-corrected chi connectivity index (χ1v) is 12.8. The van der Waals surface area contributed by atoms with Crippen LogP contribution in [-0.4, -0.2) is 50.9 Å². The van der Waals surface area contributed by atoms with Gasteiger partial charge in [0.15, 0.2) is 0 Å². The van der Waals surface area contributed by atoms with Gasteiger partial charge in [0.2, 0.25) is 0 Å². The van der Waals surface area contributed by atoms with Crippen LogP contribution in [0.15, 0.2) is 36.8 Å². The second-order valence-electron chi connectivity index (χ2n) is 7.40. The van der Waals surface area contributed by atoms with E-state index >= 15 is 0 Å². The topological polar surface area (TPSA) is 53.9 Å². The molecule has 0 atom stereocenters. The molecule has 1 N–H and O–H groups in total. The van der Waals surface area contributed by atoms with Crippen LogP contribution in [0, 0.1) is 5.82 Å². The minimum Gasteiger partial charge on any atom is -0.365 e. The molecule has 1 aliphatic heterocycles. The zero-order chi connectivity index (χ0) is 22.0. The highest BCUT2D eigenvalue weighted by molar-refractivity contribution is 7.96. The fraction of sp³-hybridized carbons (Fsp3) is 0.381. The van der Waals surface area contributed by atoms with E-state index in [9.17, 15) is 13.2 Å². The third kappa shape index (κ3) is 4.94. The van der Waals surface area contributed by atoms with Gasteiger partial charge in [0, 0.05) is 37.5 Å². The van der Waals surface area contributed by atoms with Crippen molar-refractivity contribution in [2.24, 2.45) is 0 Å². The summed E-state index contributed by atoms with van der Waals surface area (Å²) in [6.07, 6.45) is 7.45. The third-order valence-corrected chi connectivity index (χ3v) is 8.58. The Hall–Kier alpha value is -1.96. The maximum atomic E-state index is 14.6. The lowest BCUT2D eigenvalue weighted by Gasteiger charge is -2.30. The van der Waals surface area contributed by atoms with Gasteiger partial charge in [-0.25, -0.2) is 23.1 Å². The third-order valence-electron chi connectivity index (χ3n) is 5.33. The zero-order valence-electron chi connectivity index (χ0n) is 17.3. The molecule has 3 aromatic rings. The Morgan fingerprint density at radius 2 is 1.97 bits per heavy atom. The van der Waals surface area contributed by atoms with E-state index in [1.807, 2.05) is 6.07 Å². The molecule has 0 amide bonds. The summed E-state index contributed by atoms with van der Waals surface area (Å²) < 4.78 is 44.2. The average molecular weight is 465 g/mol. The fourth-order valence-corrected chi connectivity index (χ4v) is 6.59. The highest BCUT2D eigenvalue weighted by atomic mass is 32.2.